The number of aryl methyl sites for hydroxylation is 1. The van der Waals surface area contributed by atoms with Crippen LogP contribution in [0, 0.1) is 5.92 Å². The molecule has 2 N–H and O–H groups in total. The molecule has 1 aliphatic carbocycles. The van der Waals surface area contributed by atoms with Crippen molar-refractivity contribution in [2.24, 2.45) is 5.92 Å². The van der Waals surface area contributed by atoms with Gasteiger partial charge in [0.05, 0.1) is 12.4 Å². The summed E-state index contributed by atoms with van der Waals surface area (Å²) < 4.78 is 1.89. The fraction of sp³-hybridized carbons (Fsp3) is 0.667. The van der Waals surface area contributed by atoms with E-state index in [0.29, 0.717) is 25.4 Å². The molecule has 0 bridgehead atoms. The minimum atomic E-state index is -0.164. The largest absolute Gasteiger partial charge is 0.393 e. The minimum Gasteiger partial charge on any atom is -0.393 e. The lowest BCUT2D eigenvalue weighted by Gasteiger charge is -2.10. The predicted octanol–water partition coefficient (Wildman–Crippen LogP) is 0.550. The standard InChI is InChI=1S/C12H19N3O2/c16-11-2-1-10(7-11)8-14-12(17)3-5-15-6-4-13-9-15/h4,6,9-11,16H,1-3,5,7-8H2,(H,14,17). The summed E-state index contributed by atoms with van der Waals surface area (Å²) in [6, 6.07) is 0. The Hall–Kier alpha value is -1.36. The first kappa shape index (κ1) is 12.1. The molecular weight excluding hydrogens is 218 g/mol. The third kappa shape index (κ3) is 3.85. The Bertz CT molecular complexity index is 351. The SMILES string of the molecule is O=C(CCn1ccnc1)NCC1CCC(O)C1. The number of aromatic nitrogens is 2. The van der Waals surface area contributed by atoms with Crippen LogP contribution in [0.2, 0.25) is 0 Å². The number of aliphatic hydroxyl groups excluding tert-OH is 1. The lowest BCUT2D eigenvalue weighted by Crippen LogP contribution is -2.29. The van der Waals surface area contributed by atoms with Gasteiger partial charge in [0, 0.05) is 31.9 Å². The van der Waals surface area contributed by atoms with Gasteiger partial charge in [0.15, 0.2) is 0 Å². The van der Waals surface area contributed by atoms with Crippen LogP contribution < -0.4 is 5.32 Å². The van der Waals surface area contributed by atoms with Gasteiger partial charge in [-0.3, -0.25) is 4.79 Å². The van der Waals surface area contributed by atoms with Gasteiger partial charge in [-0.05, 0) is 25.2 Å². The number of carbonyl (C=O) groups is 1. The summed E-state index contributed by atoms with van der Waals surface area (Å²) >= 11 is 0. The zero-order chi connectivity index (χ0) is 12.1. The second kappa shape index (κ2) is 5.82. The number of rotatable bonds is 5. The van der Waals surface area contributed by atoms with E-state index in [1.165, 1.54) is 0 Å². The van der Waals surface area contributed by atoms with Gasteiger partial charge in [0.2, 0.25) is 5.91 Å². The first-order valence-corrected chi connectivity index (χ1v) is 6.14. The second-order valence-electron chi connectivity index (χ2n) is 4.69. The van der Waals surface area contributed by atoms with Crippen LogP contribution in [0.15, 0.2) is 18.7 Å². The number of aliphatic hydroxyl groups is 1. The summed E-state index contributed by atoms with van der Waals surface area (Å²) in [6.07, 6.45) is 8.29. The zero-order valence-corrected chi connectivity index (χ0v) is 9.88. The first-order chi connectivity index (χ1) is 8.24. The summed E-state index contributed by atoms with van der Waals surface area (Å²) in [4.78, 5) is 15.5. The van der Waals surface area contributed by atoms with Gasteiger partial charge in [-0.1, -0.05) is 0 Å². The molecule has 0 aliphatic heterocycles. The van der Waals surface area contributed by atoms with Gasteiger partial charge >= 0.3 is 0 Å². The van der Waals surface area contributed by atoms with Crippen molar-refractivity contribution in [1.29, 1.82) is 0 Å². The van der Waals surface area contributed by atoms with E-state index in [4.69, 9.17) is 0 Å². The molecule has 0 spiro atoms. The molecule has 1 saturated carbocycles. The lowest BCUT2D eigenvalue weighted by molar-refractivity contribution is -0.121. The van der Waals surface area contributed by atoms with Crippen LogP contribution in [0.3, 0.4) is 0 Å². The second-order valence-corrected chi connectivity index (χ2v) is 4.69. The normalized spacial score (nSPS) is 23.8. The third-order valence-corrected chi connectivity index (χ3v) is 3.26. The number of nitrogens with one attached hydrogen (secondary N) is 1. The van der Waals surface area contributed by atoms with Crippen molar-refractivity contribution >= 4 is 5.91 Å². The van der Waals surface area contributed by atoms with E-state index >= 15 is 0 Å². The fourth-order valence-electron chi connectivity index (χ4n) is 2.23. The molecule has 5 heteroatoms. The van der Waals surface area contributed by atoms with Gasteiger partial charge < -0.3 is 15.0 Å². The lowest BCUT2D eigenvalue weighted by atomic mass is 10.1. The molecule has 17 heavy (non-hydrogen) atoms. The topological polar surface area (TPSA) is 67.2 Å². The Kier molecular flexibility index (Phi) is 4.14. The van der Waals surface area contributed by atoms with Crippen LogP contribution in [0.4, 0.5) is 0 Å². The van der Waals surface area contributed by atoms with E-state index in [-0.39, 0.29) is 12.0 Å². The highest BCUT2D eigenvalue weighted by Crippen LogP contribution is 2.24. The zero-order valence-electron chi connectivity index (χ0n) is 9.88. The molecule has 0 aromatic carbocycles. The molecule has 1 aromatic rings. The van der Waals surface area contributed by atoms with E-state index in [0.717, 1.165) is 19.3 Å². The Morgan fingerprint density at radius 2 is 2.41 bits per heavy atom. The van der Waals surface area contributed by atoms with Gasteiger partial charge in [0.1, 0.15) is 0 Å². The molecule has 1 heterocycles. The van der Waals surface area contributed by atoms with E-state index in [1.807, 2.05) is 10.8 Å². The monoisotopic (exact) mass is 237 g/mol. The van der Waals surface area contributed by atoms with Crippen molar-refractivity contribution in [3.05, 3.63) is 18.7 Å². The number of imidazole rings is 1. The van der Waals surface area contributed by atoms with Crippen LogP contribution in [0.5, 0.6) is 0 Å². The van der Waals surface area contributed by atoms with Crippen molar-refractivity contribution in [1.82, 2.24) is 14.9 Å². The van der Waals surface area contributed by atoms with E-state index in [2.05, 4.69) is 10.3 Å². The van der Waals surface area contributed by atoms with Gasteiger partial charge in [-0.15, -0.1) is 0 Å². The summed E-state index contributed by atoms with van der Waals surface area (Å²) in [5.41, 5.74) is 0. The molecule has 94 valence electrons. The highest BCUT2D eigenvalue weighted by molar-refractivity contribution is 5.75. The van der Waals surface area contributed by atoms with Crippen LogP contribution in [0.1, 0.15) is 25.7 Å². The van der Waals surface area contributed by atoms with Gasteiger partial charge in [0.25, 0.3) is 0 Å². The van der Waals surface area contributed by atoms with Crippen molar-refractivity contribution in [2.75, 3.05) is 6.54 Å². The highest BCUT2D eigenvalue weighted by Gasteiger charge is 2.22. The van der Waals surface area contributed by atoms with Crippen LogP contribution in [-0.4, -0.2) is 33.2 Å². The number of amides is 1. The Morgan fingerprint density at radius 1 is 1.53 bits per heavy atom. The van der Waals surface area contributed by atoms with Crippen LogP contribution in [0.25, 0.3) is 0 Å². The molecule has 2 unspecified atom stereocenters. The molecule has 1 aliphatic rings. The molecule has 0 saturated heterocycles. The van der Waals surface area contributed by atoms with E-state index in [1.54, 1.807) is 12.5 Å². The summed E-state index contributed by atoms with van der Waals surface area (Å²) in [5.74, 6) is 0.516. The molecule has 1 aromatic heterocycles. The molecular formula is C12H19N3O2. The maximum Gasteiger partial charge on any atom is 0.221 e. The summed E-state index contributed by atoms with van der Waals surface area (Å²) in [5, 5.41) is 12.3. The van der Waals surface area contributed by atoms with Gasteiger partial charge in [-0.25, -0.2) is 4.98 Å². The average Bonchev–Trinajstić information content (AvgIpc) is 2.95. The number of hydrogen-bond donors (Lipinski definition) is 2. The number of carbonyl (C=O) groups excluding carboxylic acids is 1. The minimum absolute atomic E-state index is 0.0695. The van der Waals surface area contributed by atoms with Crippen LogP contribution in [-0.2, 0) is 11.3 Å². The summed E-state index contributed by atoms with van der Waals surface area (Å²) in [6.45, 7) is 1.36. The molecule has 0 radical (unpaired) electrons. The van der Waals surface area contributed by atoms with Crippen molar-refractivity contribution in [3.8, 4) is 0 Å². The van der Waals surface area contributed by atoms with E-state index < -0.39 is 0 Å². The summed E-state index contributed by atoms with van der Waals surface area (Å²) in [7, 11) is 0. The molecule has 1 amide bonds. The predicted molar refractivity (Wildman–Crippen MR) is 63.2 cm³/mol. The first-order valence-electron chi connectivity index (χ1n) is 6.14. The molecule has 2 atom stereocenters. The van der Waals surface area contributed by atoms with Gasteiger partial charge in [-0.2, -0.15) is 0 Å². The smallest absolute Gasteiger partial charge is 0.221 e. The quantitative estimate of drug-likeness (QED) is 0.786. The molecule has 1 fully saturated rings. The maximum absolute atomic E-state index is 11.6. The maximum atomic E-state index is 11.6. The Balaban J connectivity index is 1.61. The number of nitrogens with zero attached hydrogens (tertiary/aromatic N) is 2. The van der Waals surface area contributed by atoms with Crippen molar-refractivity contribution < 1.29 is 9.90 Å². The Labute approximate surface area is 101 Å². The Morgan fingerprint density at radius 3 is 3.06 bits per heavy atom. The highest BCUT2D eigenvalue weighted by atomic mass is 16.3. The molecule has 2 rings (SSSR count). The third-order valence-electron chi connectivity index (χ3n) is 3.26. The van der Waals surface area contributed by atoms with Crippen LogP contribution >= 0.6 is 0 Å². The molecule has 5 nitrogen and oxygen atoms in total. The average molecular weight is 237 g/mol. The van der Waals surface area contributed by atoms with Crippen molar-refractivity contribution in [3.63, 3.8) is 0 Å². The number of hydrogen-bond acceptors (Lipinski definition) is 3. The fourth-order valence-corrected chi connectivity index (χ4v) is 2.23. The van der Waals surface area contributed by atoms with E-state index in [9.17, 15) is 9.90 Å². The van der Waals surface area contributed by atoms with Crippen molar-refractivity contribution in [2.45, 2.75) is 38.3 Å².